The van der Waals surface area contributed by atoms with Crippen molar-refractivity contribution in [3.63, 3.8) is 0 Å². The predicted molar refractivity (Wildman–Crippen MR) is 87.2 cm³/mol. The van der Waals surface area contributed by atoms with Crippen LogP contribution in [0, 0.1) is 0 Å². The molecule has 0 saturated carbocycles. The Labute approximate surface area is 134 Å². The van der Waals surface area contributed by atoms with Crippen molar-refractivity contribution < 1.29 is 9.53 Å². The topological polar surface area (TPSA) is 86.1 Å². The van der Waals surface area contributed by atoms with Crippen LogP contribution < -0.4 is 10.9 Å². The molecule has 2 rings (SSSR count). The van der Waals surface area contributed by atoms with Gasteiger partial charge in [-0.2, -0.15) is 0 Å². The number of nitrogens with zero attached hydrogens (tertiary/aromatic N) is 3. The summed E-state index contributed by atoms with van der Waals surface area (Å²) in [6, 6.07) is 7.18. The molecule has 0 fully saturated rings. The second kappa shape index (κ2) is 8.99. The lowest BCUT2D eigenvalue weighted by molar-refractivity contribution is -0.121. The summed E-state index contributed by atoms with van der Waals surface area (Å²) >= 11 is 0. The molecule has 0 aliphatic carbocycles. The van der Waals surface area contributed by atoms with Crippen LogP contribution in [-0.2, 0) is 16.1 Å². The van der Waals surface area contributed by atoms with E-state index in [1.165, 1.54) is 4.68 Å². The summed E-state index contributed by atoms with van der Waals surface area (Å²) in [4.78, 5) is 23.7. The van der Waals surface area contributed by atoms with Crippen molar-refractivity contribution in [2.24, 2.45) is 0 Å². The Morgan fingerprint density at radius 1 is 1.26 bits per heavy atom. The van der Waals surface area contributed by atoms with E-state index in [1.54, 1.807) is 19.2 Å². The van der Waals surface area contributed by atoms with E-state index in [0.29, 0.717) is 37.0 Å². The van der Waals surface area contributed by atoms with Gasteiger partial charge in [-0.15, -0.1) is 5.10 Å². The summed E-state index contributed by atoms with van der Waals surface area (Å²) < 4.78 is 6.26. The van der Waals surface area contributed by atoms with E-state index in [4.69, 9.17) is 4.74 Å². The number of carbonyl (C=O) groups is 1. The average molecular weight is 318 g/mol. The largest absolute Gasteiger partial charge is 0.383 e. The molecule has 1 heterocycles. The van der Waals surface area contributed by atoms with Crippen LogP contribution in [0.25, 0.3) is 10.9 Å². The third-order valence-electron chi connectivity index (χ3n) is 3.53. The van der Waals surface area contributed by atoms with Gasteiger partial charge in [0.2, 0.25) is 5.91 Å². The molecule has 0 aliphatic heterocycles. The van der Waals surface area contributed by atoms with E-state index in [9.17, 15) is 9.59 Å². The summed E-state index contributed by atoms with van der Waals surface area (Å²) in [6.07, 6.45) is 2.92. The fourth-order valence-corrected chi connectivity index (χ4v) is 2.27. The van der Waals surface area contributed by atoms with Gasteiger partial charge in [0, 0.05) is 26.6 Å². The lowest BCUT2D eigenvalue weighted by Crippen LogP contribution is -2.26. The minimum atomic E-state index is -0.118. The van der Waals surface area contributed by atoms with Gasteiger partial charge >= 0.3 is 0 Å². The van der Waals surface area contributed by atoms with Crippen LogP contribution in [-0.4, -0.2) is 41.2 Å². The summed E-state index contributed by atoms with van der Waals surface area (Å²) in [5.41, 5.74) is 0.495. The zero-order valence-corrected chi connectivity index (χ0v) is 13.3. The number of nitrogens with one attached hydrogen (secondary N) is 1. The first-order valence-electron chi connectivity index (χ1n) is 7.80. The molecule has 2 aromatic rings. The molecule has 7 nitrogen and oxygen atoms in total. The van der Waals surface area contributed by atoms with Crippen molar-refractivity contribution in [1.29, 1.82) is 0 Å². The number of hydrogen-bond acceptors (Lipinski definition) is 5. The molecule has 23 heavy (non-hydrogen) atoms. The maximum absolute atomic E-state index is 12.2. The third-order valence-corrected chi connectivity index (χ3v) is 3.53. The monoisotopic (exact) mass is 318 g/mol. The second-order valence-corrected chi connectivity index (χ2v) is 5.29. The highest BCUT2D eigenvalue weighted by Gasteiger charge is 2.05. The first-order valence-corrected chi connectivity index (χ1v) is 7.80. The highest BCUT2D eigenvalue weighted by molar-refractivity contribution is 5.76. The second-order valence-electron chi connectivity index (χ2n) is 5.29. The average Bonchev–Trinajstić information content (AvgIpc) is 2.57. The van der Waals surface area contributed by atoms with Crippen molar-refractivity contribution in [1.82, 2.24) is 20.3 Å². The van der Waals surface area contributed by atoms with Gasteiger partial charge in [0.15, 0.2) is 0 Å². The molecule has 1 N–H and O–H groups in total. The minimum Gasteiger partial charge on any atom is -0.383 e. The zero-order chi connectivity index (χ0) is 16.5. The maximum Gasteiger partial charge on any atom is 0.277 e. The van der Waals surface area contributed by atoms with Gasteiger partial charge in [0.1, 0.15) is 5.52 Å². The molecule has 124 valence electrons. The molecule has 0 spiro atoms. The number of amides is 1. The van der Waals surface area contributed by atoms with Gasteiger partial charge in [0.25, 0.3) is 5.56 Å². The fraction of sp³-hybridized carbons (Fsp3) is 0.500. The summed E-state index contributed by atoms with van der Waals surface area (Å²) in [7, 11) is 1.60. The SMILES string of the molecule is COCCNC(=O)CCCCCn1nnc2ccccc2c1=O. The highest BCUT2D eigenvalue weighted by atomic mass is 16.5. The Bertz CT molecular complexity index is 699. The Kier molecular flexibility index (Phi) is 6.68. The first kappa shape index (κ1) is 17.1. The van der Waals surface area contributed by atoms with Crippen LogP contribution in [0.15, 0.2) is 29.1 Å². The van der Waals surface area contributed by atoms with Gasteiger partial charge in [-0.25, -0.2) is 4.68 Å². The van der Waals surface area contributed by atoms with Crippen molar-refractivity contribution in [3.05, 3.63) is 34.6 Å². The third kappa shape index (κ3) is 5.14. The molecule has 0 radical (unpaired) electrons. The van der Waals surface area contributed by atoms with E-state index in [-0.39, 0.29) is 11.5 Å². The van der Waals surface area contributed by atoms with E-state index >= 15 is 0 Å². The van der Waals surface area contributed by atoms with E-state index in [0.717, 1.165) is 19.3 Å². The number of carbonyl (C=O) groups excluding carboxylic acids is 1. The molecule has 0 aliphatic rings. The van der Waals surface area contributed by atoms with Crippen LogP contribution >= 0.6 is 0 Å². The Morgan fingerprint density at radius 2 is 2.09 bits per heavy atom. The Morgan fingerprint density at radius 3 is 2.91 bits per heavy atom. The molecular formula is C16H22N4O3. The van der Waals surface area contributed by atoms with Crippen LogP contribution in [0.5, 0.6) is 0 Å². The molecule has 1 amide bonds. The normalized spacial score (nSPS) is 10.8. The first-order chi connectivity index (χ1) is 11.2. The van der Waals surface area contributed by atoms with Crippen LogP contribution in [0.3, 0.4) is 0 Å². The molecule has 7 heteroatoms. The molecule has 1 aromatic carbocycles. The number of rotatable bonds is 9. The van der Waals surface area contributed by atoms with Gasteiger partial charge in [-0.1, -0.05) is 23.8 Å². The minimum absolute atomic E-state index is 0.0321. The van der Waals surface area contributed by atoms with E-state index in [2.05, 4.69) is 15.6 Å². The molecule has 1 aromatic heterocycles. The molecule has 0 atom stereocenters. The number of aryl methyl sites for hydroxylation is 1. The lowest BCUT2D eigenvalue weighted by atomic mass is 10.2. The summed E-state index contributed by atoms with van der Waals surface area (Å²) in [6.45, 7) is 1.58. The lowest BCUT2D eigenvalue weighted by Gasteiger charge is -2.06. The van der Waals surface area contributed by atoms with Crippen molar-refractivity contribution in [3.8, 4) is 0 Å². The summed E-state index contributed by atoms with van der Waals surface area (Å²) in [5, 5.41) is 11.4. The predicted octanol–water partition coefficient (Wildman–Crippen LogP) is 1.11. The number of fused-ring (bicyclic) bond motifs is 1. The number of benzene rings is 1. The number of methoxy groups -OCH3 is 1. The van der Waals surface area contributed by atoms with E-state index < -0.39 is 0 Å². The van der Waals surface area contributed by atoms with Gasteiger partial charge in [-0.05, 0) is 25.0 Å². The molecule has 0 saturated heterocycles. The molecular weight excluding hydrogens is 296 g/mol. The number of aromatic nitrogens is 3. The Balaban J connectivity index is 1.74. The smallest absolute Gasteiger partial charge is 0.277 e. The number of unbranched alkanes of at least 4 members (excludes halogenated alkanes) is 2. The van der Waals surface area contributed by atoms with Gasteiger partial charge in [0.05, 0.1) is 12.0 Å². The van der Waals surface area contributed by atoms with Gasteiger partial charge in [-0.3, -0.25) is 9.59 Å². The highest BCUT2D eigenvalue weighted by Crippen LogP contribution is 2.05. The molecule has 0 unspecified atom stereocenters. The number of hydrogen-bond donors (Lipinski definition) is 1. The van der Waals surface area contributed by atoms with Crippen molar-refractivity contribution in [2.45, 2.75) is 32.2 Å². The standard InChI is InChI=1S/C16H22N4O3/c1-23-12-10-17-15(21)9-3-2-6-11-20-16(22)13-7-4-5-8-14(13)18-19-20/h4-5,7-8H,2-3,6,9-12H2,1H3,(H,17,21). The zero-order valence-electron chi connectivity index (χ0n) is 13.3. The van der Waals surface area contributed by atoms with E-state index in [1.807, 2.05) is 12.1 Å². The quantitative estimate of drug-likeness (QED) is 0.700. The van der Waals surface area contributed by atoms with Crippen molar-refractivity contribution in [2.75, 3.05) is 20.3 Å². The maximum atomic E-state index is 12.2. The summed E-state index contributed by atoms with van der Waals surface area (Å²) in [5.74, 6) is 0.0321. The van der Waals surface area contributed by atoms with Gasteiger partial charge < -0.3 is 10.1 Å². The molecule has 0 bridgehead atoms. The van der Waals surface area contributed by atoms with Crippen LogP contribution in [0.1, 0.15) is 25.7 Å². The van der Waals surface area contributed by atoms with Crippen molar-refractivity contribution >= 4 is 16.8 Å². The Hall–Kier alpha value is -2.28. The van der Waals surface area contributed by atoms with Crippen LogP contribution in [0.4, 0.5) is 0 Å². The number of ether oxygens (including phenoxy) is 1. The van der Waals surface area contributed by atoms with Crippen LogP contribution in [0.2, 0.25) is 0 Å². The fourth-order valence-electron chi connectivity index (χ4n) is 2.27.